The minimum Gasteiger partial charge on any atom is -0.309 e. The van der Waals surface area contributed by atoms with E-state index >= 15 is 0 Å². The van der Waals surface area contributed by atoms with E-state index in [1.54, 1.807) is 11.3 Å². The van der Waals surface area contributed by atoms with E-state index in [-0.39, 0.29) is 0 Å². The molecule has 0 unspecified atom stereocenters. The number of aromatic nitrogens is 4. The average molecular weight is 745 g/mol. The van der Waals surface area contributed by atoms with Gasteiger partial charge in [0.25, 0.3) is 0 Å². The van der Waals surface area contributed by atoms with Gasteiger partial charge in [0.1, 0.15) is 0 Å². The van der Waals surface area contributed by atoms with Crippen molar-refractivity contribution in [2.24, 2.45) is 0 Å². The molecular weight excluding hydrogens is 713 g/mol. The predicted molar refractivity (Wildman–Crippen MR) is 240 cm³/mol. The number of hydrogen-bond acceptors (Lipinski definition) is 3. The lowest BCUT2D eigenvalue weighted by Crippen LogP contribution is -1.95. The summed E-state index contributed by atoms with van der Waals surface area (Å²) in [6, 6.07) is 69.6. The van der Waals surface area contributed by atoms with Gasteiger partial charge >= 0.3 is 0 Å². The topological polar surface area (TPSA) is 35.6 Å². The molecule has 4 heterocycles. The van der Waals surface area contributed by atoms with Gasteiger partial charge in [-0.1, -0.05) is 127 Å². The lowest BCUT2D eigenvalue weighted by atomic mass is 10.0. The number of fused-ring (bicyclic) bond motifs is 9. The highest BCUT2D eigenvalue weighted by molar-refractivity contribution is 7.26. The number of thiophene rings is 1. The maximum absolute atomic E-state index is 5.26. The van der Waals surface area contributed by atoms with Gasteiger partial charge in [-0.2, -0.15) is 0 Å². The molecule has 0 atom stereocenters. The molecule has 0 aliphatic carbocycles. The summed E-state index contributed by atoms with van der Waals surface area (Å²) in [5, 5.41) is 6.09. The van der Waals surface area contributed by atoms with Crippen LogP contribution in [0.2, 0.25) is 0 Å². The fraction of sp³-hybridized carbons (Fsp3) is 0. The fourth-order valence-electron chi connectivity index (χ4n) is 8.72. The third-order valence-electron chi connectivity index (χ3n) is 11.3. The Balaban J connectivity index is 1.04. The highest BCUT2D eigenvalue weighted by Crippen LogP contribution is 2.42. The minimum atomic E-state index is 0.735. The Hall–Kier alpha value is -7.34. The summed E-state index contributed by atoms with van der Waals surface area (Å²) in [5.74, 6) is 0.735. The smallest absolute Gasteiger partial charge is 0.160 e. The predicted octanol–water partition coefficient (Wildman–Crippen LogP) is 14.0. The Bertz CT molecular complexity index is 3510. The van der Waals surface area contributed by atoms with Gasteiger partial charge in [-0.15, -0.1) is 11.3 Å². The number of nitrogens with zero attached hydrogens (tertiary/aromatic N) is 4. The normalized spacial score (nSPS) is 11.9. The second-order valence-electron chi connectivity index (χ2n) is 14.6. The van der Waals surface area contributed by atoms with E-state index in [1.807, 2.05) is 18.2 Å². The monoisotopic (exact) mass is 744 g/mol. The zero-order valence-electron chi connectivity index (χ0n) is 30.7. The van der Waals surface area contributed by atoms with Crippen LogP contribution in [0, 0.1) is 0 Å². The third-order valence-corrected chi connectivity index (χ3v) is 12.5. The summed E-state index contributed by atoms with van der Waals surface area (Å²) < 4.78 is 7.07. The molecule has 0 amide bonds. The van der Waals surface area contributed by atoms with Crippen LogP contribution in [0.25, 0.3) is 109 Å². The number of para-hydroxylation sites is 3. The fourth-order valence-corrected chi connectivity index (χ4v) is 9.85. The molecule has 4 aromatic heterocycles. The van der Waals surface area contributed by atoms with Crippen LogP contribution < -0.4 is 0 Å². The van der Waals surface area contributed by atoms with Gasteiger partial charge < -0.3 is 9.13 Å². The molecule has 0 aliphatic rings. The second-order valence-corrected chi connectivity index (χ2v) is 15.6. The van der Waals surface area contributed by atoms with Gasteiger partial charge in [0.15, 0.2) is 5.82 Å². The van der Waals surface area contributed by atoms with Crippen LogP contribution in [0.4, 0.5) is 0 Å². The largest absolute Gasteiger partial charge is 0.309 e. The zero-order chi connectivity index (χ0) is 37.5. The van der Waals surface area contributed by atoms with Crippen molar-refractivity contribution in [1.82, 2.24) is 19.1 Å². The molecule has 4 nitrogen and oxygen atoms in total. The lowest BCUT2D eigenvalue weighted by molar-refractivity contribution is 1.18. The minimum absolute atomic E-state index is 0.735. The van der Waals surface area contributed by atoms with Crippen LogP contribution in [-0.2, 0) is 0 Å². The molecule has 0 spiro atoms. The van der Waals surface area contributed by atoms with Crippen molar-refractivity contribution < 1.29 is 0 Å². The summed E-state index contributed by atoms with van der Waals surface area (Å²) in [5.41, 5.74) is 13.5. The van der Waals surface area contributed by atoms with E-state index in [0.29, 0.717) is 0 Å². The van der Waals surface area contributed by atoms with Crippen molar-refractivity contribution in [3.05, 3.63) is 194 Å². The summed E-state index contributed by atoms with van der Waals surface area (Å²) >= 11 is 1.77. The van der Waals surface area contributed by atoms with Gasteiger partial charge in [-0.05, 0) is 77.9 Å². The van der Waals surface area contributed by atoms with Gasteiger partial charge in [0.05, 0.1) is 38.0 Å². The van der Waals surface area contributed by atoms with Crippen LogP contribution in [0.3, 0.4) is 0 Å². The SMILES string of the molecule is c1ccc(-c2nc(-c3ccccc3)c3sc4ccc(-n5c6ccccc6c6cc(-c7ccc8c(c7)c7ccccc7n8-c7ccccc7)ccc65)cc4c3n2)cc1. The molecule has 0 fully saturated rings. The zero-order valence-corrected chi connectivity index (χ0v) is 31.5. The third kappa shape index (κ3) is 4.99. The van der Waals surface area contributed by atoms with Crippen LogP contribution in [0.5, 0.6) is 0 Å². The molecule has 12 aromatic rings. The molecule has 0 bridgehead atoms. The number of hydrogen-bond donors (Lipinski definition) is 0. The Morgan fingerprint density at radius 2 is 0.877 bits per heavy atom. The second kappa shape index (κ2) is 12.6. The van der Waals surface area contributed by atoms with E-state index in [9.17, 15) is 0 Å². The number of rotatable bonds is 5. The first-order valence-electron chi connectivity index (χ1n) is 19.2. The molecule has 5 heteroatoms. The van der Waals surface area contributed by atoms with E-state index in [2.05, 4.69) is 185 Å². The molecule has 8 aromatic carbocycles. The van der Waals surface area contributed by atoms with Gasteiger partial charge in [-0.25, -0.2) is 9.97 Å². The molecule has 57 heavy (non-hydrogen) atoms. The van der Waals surface area contributed by atoms with E-state index in [4.69, 9.17) is 9.97 Å². The molecule has 266 valence electrons. The van der Waals surface area contributed by atoms with Crippen LogP contribution in [0.15, 0.2) is 194 Å². The first kappa shape index (κ1) is 32.0. The first-order valence-corrected chi connectivity index (χ1v) is 20.1. The van der Waals surface area contributed by atoms with Gasteiger partial charge in [0.2, 0.25) is 0 Å². The van der Waals surface area contributed by atoms with Gasteiger partial charge in [0, 0.05) is 54.1 Å². The molecule has 0 aliphatic heterocycles. The Morgan fingerprint density at radius 1 is 0.351 bits per heavy atom. The van der Waals surface area contributed by atoms with Crippen LogP contribution >= 0.6 is 11.3 Å². The first-order chi connectivity index (χ1) is 28.3. The Labute approximate surface area is 332 Å². The molecule has 0 N–H and O–H groups in total. The maximum Gasteiger partial charge on any atom is 0.160 e. The van der Waals surface area contributed by atoms with Crippen molar-refractivity contribution in [2.75, 3.05) is 0 Å². The van der Waals surface area contributed by atoms with Gasteiger partial charge in [-0.3, -0.25) is 0 Å². The molecule has 0 saturated carbocycles. The van der Waals surface area contributed by atoms with Crippen molar-refractivity contribution >= 4 is 75.3 Å². The van der Waals surface area contributed by atoms with Crippen molar-refractivity contribution in [3.8, 4) is 45.1 Å². The van der Waals surface area contributed by atoms with Crippen molar-refractivity contribution in [2.45, 2.75) is 0 Å². The highest BCUT2D eigenvalue weighted by Gasteiger charge is 2.20. The number of benzene rings is 8. The maximum atomic E-state index is 5.26. The highest BCUT2D eigenvalue weighted by atomic mass is 32.1. The summed E-state index contributed by atoms with van der Waals surface area (Å²) in [7, 11) is 0. The molecule has 0 saturated heterocycles. The lowest BCUT2D eigenvalue weighted by Gasteiger charge is -2.10. The summed E-state index contributed by atoms with van der Waals surface area (Å²) in [6.45, 7) is 0. The quantitative estimate of drug-likeness (QED) is 0.176. The standard InChI is InChI=1S/C52H32N4S/c1-4-14-33(15-5-1)49-51-50(54-52(53-49)34-16-6-2-7-17-34)43-32-38(26-29-48(43)57-51)56-45-23-13-11-21-40(45)42-31-36(25-28-47(42)56)35-24-27-46-41(30-35)39-20-10-12-22-44(39)55(46)37-18-8-3-9-19-37/h1-32H. The van der Waals surface area contributed by atoms with Crippen molar-refractivity contribution in [1.29, 1.82) is 0 Å². The van der Waals surface area contributed by atoms with E-state index < -0.39 is 0 Å². The molecule has 12 rings (SSSR count). The van der Waals surface area contributed by atoms with Crippen molar-refractivity contribution in [3.63, 3.8) is 0 Å². The Morgan fingerprint density at radius 3 is 1.51 bits per heavy atom. The Kier molecular flexibility index (Phi) is 7.06. The average Bonchev–Trinajstić information content (AvgIpc) is 3.94. The summed E-state index contributed by atoms with van der Waals surface area (Å²) in [4.78, 5) is 10.4. The van der Waals surface area contributed by atoms with E-state index in [1.165, 1.54) is 65.1 Å². The van der Waals surface area contributed by atoms with Crippen LogP contribution in [0.1, 0.15) is 0 Å². The summed E-state index contributed by atoms with van der Waals surface area (Å²) in [6.07, 6.45) is 0. The molecule has 0 radical (unpaired) electrons. The van der Waals surface area contributed by atoms with Crippen LogP contribution in [-0.4, -0.2) is 19.1 Å². The van der Waals surface area contributed by atoms with E-state index in [0.717, 1.165) is 43.9 Å². The molecular formula is C52H32N4S.